The molecule has 2 amide bonds. The quantitative estimate of drug-likeness (QED) is 0.321. The maximum Gasteiger partial charge on any atom is 0.257 e. The molecular formula is C24H23N3O5S. The minimum Gasteiger partial charge on any atom is -0.493 e. The number of hydrogen-bond acceptors (Lipinski definition) is 6. The zero-order chi connectivity index (χ0) is 23.8. The number of thiocarbonyl (C=S) groups is 1. The number of methoxy groups -OCH3 is 1. The Labute approximate surface area is 196 Å². The number of allylic oxidation sites excluding steroid dienone is 3. The molecule has 0 aromatic heterocycles. The summed E-state index contributed by atoms with van der Waals surface area (Å²) in [6.45, 7) is 5.58. The van der Waals surface area contributed by atoms with Gasteiger partial charge in [-0.25, -0.2) is 0 Å². The number of hydrogen-bond donors (Lipinski definition) is 3. The van der Waals surface area contributed by atoms with Crippen LogP contribution in [0.15, 0.2) is 72.9 Å². The van der Waals surface area contributed by atoms with E-state index >= 15 is 0 Å². The van der Waals surface area contributed by atoms with Crippen molar-refractivity contribution in [3.05, 3.63) is 78.4 Å². The molecule has 0 saturated heterocycles. The highest BCUT2D eigenvalue weighted by molar-refractivity contribution is 7.80. The molecule has 0 unspecified atom stereocenters. The van der Waals surface area contributed by atoms with Gasteiger partial charge in [0.15, 0.2) is 16.6 Å². The zero-order valence-electron chi connectivity index (χ0n) is 18.1. The van der Waals surface area contributed by atoms with E-state index in [9.17, 15) is 9.59 Å². The maximum atomic E-state index is 12.7. The molecule has 1 heterocycles. The van der Waals surface area contributed by atoms with Gasteiger partial charge in [0, 0.05) is 22.5 Å². The van der Waals surface area contributed by atoms with Crippen LogP contribution in [0.3, 0.4) is 0 Å². The van der Waals surface area contributed by atoms with Crippen molar-refractivity contribution >= 4 is 40.5 Å². The number of anilines is 2. The van der Waals surface area contributed by atoms with Crippen molar-refractivity contribution in [1.29, 1.82) is 0 Å². The van der Waals surface area contributed by atoms with Gasteiger partial charge in [-0.2, -0.15) is 0 Å². The number of benzene rings is 2. The van der Waals surface area contributed by atoms with Gasteiger partial charge < -0.3 is 24.8 Å². The first-order chi connectivity index (χ1) is 15.9. The minimum atomic E-state index is -0.446. The number of fused-ring (bicyclic) bond motifs is 1. The molecule has 3 N–H and O–H groups in total. The summed E-state index contributed by atoms with van der Waals surface area (Å²) >= 11 is 5.26. The van der Waals surface area contributed by atoms with Gasteiger partial charge in [-0.3, -0.25) is 14.9 Å². The first-order valence-corrected chi connectivity index (χ1v) is 10.3. The summed E-state index contributed by atoms with van der Waals surface area (Å²) in [5.41, 5.74) is 1.85. The van der Waals surface area contributed by atoms with Crippen molar-refractivity contribution in [1.82, 2.24) is 5.32 Å². The van der Waals surface area contributed by atoms with Crippen LogP contribution < -0.4 is 30.2 Å². The number of carbonyl (C=O) groups excluding carboxylic acids is 2. The van der Waals surface area contributed by atoms with Gasteiger partial charge in [-0.05, 0) is 55.5 Å². The van der Waals surface area contributed by atoms with Gasteiger partial charge in [0.1, 0.15) is 0 Å². The van der Waals surface area contributed by atoms with Crippen LogP contribution in [0.4, 0.5) is 11.4 Å². The summed E-state index contributed by atoms with van der Waals surface area (Å²) in [5, 5.41) is 8.42. The molecule has 2 aromatic carbocycles. The van der Waals surface area contributed by atoms with E-state index in [0.29, 0.717) is 39.8 Å². The van der Waals surface area contributed by atoms with Crippen LogP contribution in [0.5, 0.6) is 17.2 Å². The number of carbonyl (C=O) groups is 2. The zero-order valence-corrected chi connectivity index (χ0v) is 19.0. The topological polar surface area (TPSA) is 97.9 Å². The molecule has 0 fully saturated rings. The van der Waals surface area contributed by atoms with Crippen molar-refractivity contribution < 1.29 is 23.8 Å². The highest BCUT2D eigenvalue weighted by Crippen LogP contribution is 2.41. The smallest absolute Gasteiger partial charge is 0.257 e. The van der Waals surface area contributed by atoms with Crippen LogP contribution in [0.2, 0.25) is 0 Å². The normalized spacial score (nSPS) is 12.2. The van der Waals surface area contributed by atoms with E-state index in [1.54, 1.807) is 48.6 Å². The number of rotatable bonds is 7. The standard InChI is InChI=1S/C24H23N3O5S/c1-4-6-8-15(5-2)22(28)25-17-9-7-10-18(13-17)26-24(33)27-23(29)16-11-19(30-3)21-20(12-16)31-14-32-21/h4-13H,2,14H2,1,3H3,(H,25,28)(H2,26,27,29,33)/b6-4-,15-8+. The second kappa shape index (κ2) is 11.0. The molecule has 33 heavy (non-hydrogen) atoms. The fourth-order valence-corrected chi connectivity index (χ4v) is 3.12. The largest absolute Gasteiger partial charge is 0.493 e. The van der Waals surface area contributed by atoms with Crippen molar-refractivity contribution in [2.24, 2.45) is 0 Å². The molecule has 0 bridgehead atoms. The lowest BCUT2D eigenvalue weighted by atomic mass is 10.1. The van der Waals surface area contributed by atoms with Crippen molar-refractivity contribution in [2.45, 2.75) is 6.92 Å². The Morgan fingerprint density at radius 1 is 1.15 bits per heavy atom. The summed E-state index contributed by atoms with van der Waals surface area (Å²) in [7, 11) is 1.48. The van der Waals surface area contributed by atoms with Crippen LogP contribution in [-0.4, -0.2) is 30.8 Å². The summed E-state index contributed by atoms with van der Waals surface area (Å²) < 4.78 is 15.9. The predicted molar refractivity (Wildman–Crippen MR) is 131 cm³/mol. The van der Waals surface area contributed by atoms with Gasteiger partial charge in [-0.1, -0.05) is 30.9 Å². The average molecular weight is 466 g/mol. The highest BCUT2D eigenvalue weighted by Gasteiger charge is 2.22. The molecule has 0 spiro atoms. The van der Waals surface area contributed by atoms with Crippen LogP contribution in [-0.2, 0) is 4.79 Å². The molecule has 170 valence electrons. The van der Waals surface area contributed by atoms with E-state index < -0.39 is 5.91 Å². The van der Waals surface area contributed by atoms with E-state index in [1.165, 1.54) is 13.2 Å². The van der Waals surface area contributed by atoms with Crippen molar-refractivity contribution in [2.75, 3.05) is 24.5 Å². The molecular weight excluding hydrogens is 442 g/mol. The van der Waals surface area contributed by atoms with Gasteiger partial charge in [0.05, 0.1) is 7.11 Å². The monoisotopic (exact) mass is 465 g/mol. The molecule has 9 heteroatoms. The van der Waals surface area contributed by atoms with E-state index in [0.717, 1.165) is 0 Å². The van der Waals surface area contributed by atoms with Crippen LogP contribution in [0.1, 0.15) is 17.3 Å². The van der Waals surface area contributed by atoms with E-state index in [1.807, 2.05) is 13.0 Å². The molecule has 0 saturated carbocycles. The number of ether oxygens (including phenoxy) is 3. The Hall–Kier alpha value is -4.11. The second-order valence-electron chi connectivity index (χ2n) is 6.71. The fraction of sp³-hybridized carbons (Fsp3) is 0.125. The lowest BCUT2D eigenvalue weighted by Crippen LogP contribution is -2.34. The summed E-state index contributed by atoms with van der Waals surface area (Å²) in [6.07, 6.45) is 6.72. The minimum absolute atomic E-state index is 0.0585. The summed E-state index contributed by atoms with van der Waals surface area (Å²) in [6, 6.07) is 10.0. The van der Waals surface area contributed by atoms with E-state index in [4.69, 9.17) is 26.4 Å². The molecule has 1 aliphatic heterocycles. The Morgan fingerprint density at radius 3 is 2.61 bits per heavy atom. The molecule has 8 nitrogen and oxygen atoms in total. The highest BCUT2D eigenvalue weighted by atomic mass is 32.1. The maximum absolute atomic E-state index is 12.7. The first kappa shape index (κ1) is 23.6. The van der Waals surface area contributed by atoms with E-state index in [-0.39, 0.29) is 17.8 Å². The van der Waals surface area contributed by atoms with Gasteiger partial charge >= 0.3 is 0 Å². The Bertz CT molecular complexity index is 1160. The molecule has 2 aromatic rings. The first-order valence-electron chi connectivity index (χ1n) is 9.92. The third-order valence-electron chi connectivity index (χ3n) is 4.48. The Balaban J connectivity index is 1.65. The molecule has 0 atom stereocenters. The Kier molecular flexibility index (Phi) is 7.82. The SMILES string of the molecule is C=C/C(=C\C=C/C)C(=O)Nc1cccc(NC(=S)NC(=O)c2cc(OC)c3c(c2)OCO3)c1. The number of amides is 2. The third-order valence-corrected chi connectivity index (χ3v) is 4.68. The molecule has 1 aliphatic rings. The van der Waals surface area contributed by atoms with Crippen molar-refractivity contribution in [3.63, 3.8) is 0 Å². The van der Waals surface area contributed by atoms with Crippen LogP contribution in [0.25, 0.3) is 0 Å². The van der Waals surface area contributed by atoms with Crippen molar-refractivity contribution in [3.8, 4) is 17.2 Å². The van der Waals surface area contributed by atoms with E-state index in [2.05, 4.69) is 22.5 Å². The lowest BCUT2D eigenvalue weighted by molar-refractivity contribution is -0.112. The molecule has 0 aliphatic carbocycles. The predicted octanol–water partition coefficient (Wildman–Crippen LogP) is 4.18. The van der Waals surface area contributed by atoms with Crippen LogP contribution >= 0.6 is 12.2 Å². The van der Waals surface area contributed by atoms with Gasteiger partial charge in [0.25, 0.3) is 11.8 Å². The summed E-state index contributed by atoms with van der Waals surface area (Å²) in [4.78, 5) is 25.1. The van der Waals surface area contributed by atoms with Gasteiger partial charge in [0.2, 0.25) is 12.5 Å². The molecule has 0 radical (unpaired) electrons. The third kappa shape index (κ3) is 5.98. The average Bonchev–Trinajstić information content (AvgIpc) is 3.28. The van der Waals surface area contributed by atoms with Gasteiger partial charge in [-0.15, -0.1) is 0 Å². The number of nitrogens with one attached hydrogen (secondary N) is 3. The second-order valence-corrected chi connectivity index (χ2v) is 7.12. The Morgan fingerprint density at radius 2 is 1.91 bits per heavy atom. The lowest BCUT2D eigenvalue weighted by Gasteiger charge is -2.12. The fourth-order valence-electron chi connectivity index (χ4n) is 2.91. The molecule has 3 rings (SSSR count). The summed E-state index contributed by atoms with van der Waals surface area (Å²) in [5.74, 6) is 0.518. The van der Waals surface area contributed by atoms with Crippen LogP contribution in [0, 0.1) is 0 Å².